The minimum Gasteiger partial charge on any atom is -0.438 e. The van der Waals surface area contributed by atoms with Gasteiger partial charge in [0.2, 0.25) is 11.7 Å². The Kier molecular flexibility index (Phi) is 4.59. The highest BCUT2D eigenvalue weighted by Gasteiger charge is 2.44. The molecule has 1 unspecified atom stereocenters. The van der Waals surface area contributed by atoms with Crippen molar-refractivity contribution in [1.29, 1.82) is 0 Å². The minimum absolute atomic E-state index is 0.0675. The number of carbonyl (C=O) groups is 2. The number of hydrogen-bond donors (Lipinski definition) is 1. The lowest BCUT2D eigenvalue weighted by Crippen LogP contribution is -2.52. The van der Waals surface area contributed by atoms with Crippen LogP contribution in [0.1, 0.15) is 68.3 Å². The van der Waals surface area contributed by atoms with Crippen LogP contribution in [-0.2, 0) is 4.79 Å². The van der Waals surface area contributed by atoms with E-state index in [4.69, 9.17) is 4.42 Å². The molecule has 25 heavy (non-hydrogen) atoms. The summed E-state index contributed by atoms with van der Waals surface area (Å²) in [5.74, 6) is 0.373. The molecule has 134 valence electrons. The molecule has 2 fully saturated rings. The van der Waals surface area contributed by atoms with Crippen molar-refractivity contribution in [3.8, 4) is 0 Å². The van der Waals surface area contributed by atoms with Crippen LogP contribution in [-0.4, -0.2) is 39.8 Å². The molecule has 2 aliphatic heterocycles. The van der Waals surface area contributed by atoms with Gasteiger partial charge >= 0.3 is 0 Å². The molecule has 1 aromatic rings. The second kappa shape index (κ2) is 7.02. The number of carbonyl (C=O) groups excluding carboxylic acids is 2. The highest BCUT2D eigenvalue weighted by Crippen LogP contribution is 2.37. The Morgan fingerprint density at radius 3 is 2.68 bits per heavy atom. The fourth-order valence-electron chi connectivity index (χ4n) is 4.63. The summed E-state index contributed by atoms with van der Waals surface area (Å²) >= 11 is 0. The molecular formula is C19H25N3O3. The Labute approximate surface area is 147 Å². The normalized spacial score (nSPS) is 28.6. The first-order valence-electron chi connectivity index (χ1n) is 9.39. The maximum atomic E-state index is 12.6. The third-order valence-electron chi connectivity index (χ3n) is 5.75. The van der Waals surface area contributed by atoms with Gasteiger partial charge in [0.25, 0.3) is 5.91 Å². The highest BCUT2D eigenvalue weighted by atomic mass is 16.3. The van der Waals surface area contributed by atoms with E-state index in [0.717, 1.165) is 38.5 Å². The van der Waals surface area contributed by atoms with Gasteiger partial charge in [0.05, 0.1) is 6.20 Å². The van der Waals surface area contributed by atoms with Crippen LogP contribution in [0, 0.1) is 0 Å². The number of aromatic nitrogens is 1. The Morgan fingerprint density at radius 1 is 1.24 bits per heavy atom. The third-order valence-corrected chi connectivity index (χ3v) is 5.75. The maximum Gasteiger partial charge on any atom is 0.291 e. The predicted molar refractivity (Wildman–Crippen MR) is 91.8 cm³/mol. The highest BCUT2D eigenvalue weighted by molar-refractivity contribution is 5.92. The topological polar surface area (TPSA) is 75.4 Å². The van der Waals surface area contributed by atoms with Gasteiger partial charge in [0.1, 0.15) is 0 Å². The number of fused-ring (bicyclic) bond motifs is 2. The van der Waals surface area contributed by atoms with E-state index in [2.05, 4.69) is 16.4 Å². The smallest absolute Gasteiger partial charge is 0.291 e. The lowest BCUT2D eigenvalue weighted by molar-refractivity contribution is -0.121. The fraction of sp³-hybridized carbons (Fsp3) is 0.632. The summed E-state index contributed by atoms with van der Waals surface area (Å²) in [6.07, 6.45) is 13.8. The standard InChI is InChI=1S/C19H25N3O3/c23-18(8-13-4-2-1-3-5-13)21-14-9-15-6-7-16(10-14)22(15)19(24)17-11-20-12-25-17/h4,11-12,14-16H,1-3,5-10H2,(H,21,23)/t14?,15-,16+. The Morgan fingerprint density at radius 2 is 2.04 bits per heavy atom. The zero-order valence-electron chi connectivity index (χ0n) is 14.4. The monoisotopic (exact) mass is 343 g/mol. The number of hydrogen-bond acceptors (Lipinski definition) is 4. The largest absolute Gasteiger partial charge is 0.438 e. The third kappa shape index (κ3) is 3.48. The summed E-state index contributed by atoms with van der Waals surface area (Å²) in [4.78, 5) is 30.8. The molecule has 1 aromatic heterocycles. The predicted octanol–water partition coefficient (Wildman–Crippen LogP) is 2.82. The van der Waals surface area contributed by atoms with Crippen molar-refractivity contribution >= 4 is 11.8 Å². The van der Waals surface area contributed by atoms with Crippen LogP contribution in [0.25, 0.3) is 0 Å². The van der Waals surface area contributed by atoms with Crippen LogP contribution in [0.2, 0.25) is 0 Å². The second-order valence-electron chi connectivity index (χ2n) is 7.48. The van der Waals surface area contributed by atoms with Gasteiger partial charge < -0.3 is 14.6 Å². The Bertz CT molecular complexity index is 653. The summed E-state index contributed by atoms with van der Waals surface area (Å²) in [6.45, 7) is 0. The molecule has 2 amide bonds. The zero-order chi connectivity index (χ0) is 17.2. The van der Waals surface area contributed by atoms with Crippen LogP contribution in [0.4, 0.5) is 0 Å². The summed E-state index contributed by atoms with van der Waals surface area (Å²) in [5.41, 5.74) is 1.28. The molecule has 2 bridgehead atoms. The first-order chi connectivity index (χ1) is 12.2. The van der Waals surface area contributed by atoms with Crippen molar-refractivity contribution < 1.29 is 14.0 Å². The van der Waals surface area contributed by atoms with E-state index in [9.17, 15) is 9.59 Å². The van der Waals surface area contributed by atoms with E-state index in [-0.39, 0.29) is 29.9 Å². The number of rotatable bonds is 4. The number of oxazole rings is 1. The first-order valence-corrected chi connectivity index (χ1v) is 9.39. The van der Waals surface area contributed by atoms with E-state index in [1.54, 1.807) is 0 Å². The summed E-state index contributed by atoms with van der Waals surface area (Å²) < 4.78 is 5.17. The van der Waals surface area contributed by atoms with Crippen molar-refractivity contribution in [3.63, 3.8) is 0 Å². The van der Waals surface area contributed by atoms with E-state index < -0.39 is 0 Å². The summed E-state index contributed by atoms with van der Waals surface area (Å²) in [7, 11) is 0. The van der Waals surface area contributed by atoms with Crippen molar-refractivity contribution in [2.24, 2.45) is 0 Å². The van der Waals surface area contributed by atoms with Crippen LogP contribution in [0.3, 0.4) is 0 Å². The number of amides is 2. The fourth-order valence-corrected chi connectivity index (χ4v) is 4.63. The zero-order valence-corrected chi connectivity index (χ0v) is 14.4. The Hall–Kier alpha value is -2.11. The molecule has 0 radical (unpaired) electrons. The average molecular weight is 343 g/mol. The van der Waals surface area contributed by atoms with Gasteiger partial charge in [-0.05, 0) is 51.4 Å². The molecule has 0 spiro atoms. The molecule has 0 saturated carbocycles. The van der Waals surface area contributed by atoms with Gasteiger partial charge in [-0.25, -0.2) is 4.98 Å². The van der Waals surface area contributed by atoms with Crippen molar-refractivity contribution in [2.45, 2.75) is 75.9 Å². The van der Waals surface area contributed by atoms with E-state index in [0.29, 0.717) is 12.2 Å². The second-order valence-corrected chi connectivity index (χ2v) is 7.48. The Balaban J connectivity index is 1.34. The molecule has 3 aliphatic rings. The minimum atomic E-state index is -0.0675. The molecule has 0 aromatic carbocycles. The van der Waals surface area contributed by atoms with Gasteiger partial charge in [-0.1, -0.05) is 11.6 Å². The number of nitrogens with one attached hydrogen (secondary N) is 1. The van der Waals surface area contributed by atoms with Gasteiger partial charge in [0.15, 0.2) is 6.39 Å². The van der Waals surface area contributed by atoms with Crippen LogP contribution in [0.5, 0.6) is 0 Å². The first kappa shape index (κ1) is 16.4. The summed E-state index contributed by atoms with van der Waals surface area (Å²) in [5, 5.41) is 3.21. The molecule has 1 N–H and O–H groups in total. The molecule has 2 saturated heterocycles. The van der Waals surface area contributed by atoms with E-state index in [1.165, 1.54) is 31.0 Å². The lowest BCUT2D eigenvalue weighted by atomic mass is 9.95. The van der Waals surface area contributed by atoms with Gasteiger partial charge in [0, 0.05) is 24.5 Å². The summed E-state index contributed by atoms with van der Waals surface area (Å²) in [6, 6.07) is 0.555. The molecule has 6 heteroatoms. The van der Waals surface area contributed by atoms with Crippen LogP contribution in [0.15, 0.2) is 28.7 Å². The van der Waals surface area contributed by atoms with Gasteiger partial charge in [-0.3, -0.25) is 9.59 Å². The number of allylic oxidation sites excluding steroid dienone is 1. The van der Waals surface area contributed by atoms with Crippen LogP contribution < -0.4 is 5.32 Å². The van der Waals surface area contributed by atoms with Crippen molar-refractivity contribution in [3.05, 3.63) is 30.0 Å². The lowest BCUT2D eigenvalue weighted by Gasteiger charge is -2.38. The molecule has 3 atom stereocenters. The van der Waals surface area contributed by atoms with Crippen molar-refractivity contribution in [1.82, 2.24) is 15.2 Å². The van der Waals surface area contributed by atoms with Crippen molar-refractivity contribution in [2.75, 3.05) is 0 Å². The maximum absolute atomic E-state index is 12.6. The molecule has 6 nitrogen and oxygen atoms in total. The van der Waals surface area contributed by atoms with E-state index >= 15 is 0 Å². The molecule has 1 aliphatic carbocycles. The molecular weight excluding hydrogens is 318 g/mol. The van der Waals surface area contributed by atoms with Crippen LogP contribution >= 0.6 is 0 Å². The van der Waals surface area contributed by atoms with Gasteiger partial charge in [-0.15, -0.1) is 0 Å². The number of piperidine rings is 1. The molecule has 3 heterocycles. The van der Waals surface area contributed by atoms with E-state index in [1.807, 2.05) is 4.90 Å². The van der Waals surface area contributed by atoms with Gasteiger partial charge in [-0.2, -0.15) is 0 Å². The molecule has 4 rings (SSSR count). The average Bonchev–Trinajstić information content (AvgIpc) is 3.22. The quantitative estimate of drug-likeness (QED) is 0.853. The SMILES string of the molecule is O=C(CC1=CCCCC1)NC1C[C@H]2CC[C@@H](C1)N2C(=O)c1cnco1. The number of nitrogens with zero attached hydrogens (tertiary/aromatic N) is 2.